The molecule has 23 heavy (non-hydrogen) atoms. The highest BCUT2D eigenvalue weighted by Crippen LogP contribution is 2.50. The third kappa shape index (κ3) is 5.89. The summed E-state index contributed by atoms with van der Waals surface area (Å²) in [5.41, 5.74) is 0.681. The first-order valence-corrected chi connectivity index (χ1v) is 8.97. The molecule has 0 aliphatic heterocycles. The van der Waals surface area contributed by atoms with Crippen LogP contribution in [0.4, 0.5) is 0 Å². The van der Waals surface area contributed by atoms with Crippen molar-refractivity contribution in [2.45, 2.75) is 64.2 Å². The van der Waals surface area contributed by atoms with Gasteiger partial charge in [-0.2, -0.15) is 0 Å². The summed E-state index contributed by atoms with van der Waals surface area (Å²) < 4.78 is 5.88. The molecule has 0 atom stereocenters. The lowest BCUT2D eigenvalue weighted by Crippen LogP contribution is -2.26. The molecular formula is C20H30O3. The van der Waals surface area contributed by atoms with Crippen LogP contribution in [0.15, 0.2) is 36.6 Å². The molecular weight excluding hydrogens is 288 g/mol. The van der Waals surface area contributed by atoms with Crippen molar-refractivity contribution < 1.29 is 14.6 Å². The van der Waals surface area contributed by atoms with Crippen LogP contribution in [0.5, 0.6) is 0 Å². The normalized spacial score (nSPS) is 21.8. The van der Waals surface area contributed by atoms with Crippen molar-refractivity contribution in [1.29, 1.82) is 0 Å². The summed E-state index contributed by atoms with van der Waals surface area (Å²) in [4.78, 5) is 10.4. The van der Waals surface area contributed by atoms with Gasteiger partial charge in [0.25, 0.3) is 0 Å². The smallest absolute Gasteiger partial charge is 0.303 e. The minimum Gasteiger partial charge on any atom is -0.493 e. The second-order valence-corrected chi connectivity index (χ2v) is 7.10. The Morgan fingerprint density at radius 1 is 1.22 bits per heavy atom. The van der Waals surface area contributed by atoms with Crippen molar-refractivity contribution in [2.24, 2.45) is 11.3 Å². The number of rotatable bonds is 8. The topological polar surface area (TPSA) is 46.5 Å². The molecule has 2 fully saturated rings. The Hall–Kier alpha value is -1.51. The summed E-state index contributed by atoms with van der Waals surface area (Å²) in [6, 6.07) is 0. The molecule has 1 spiro atoms. The zero-order valence-corrected chi connectivity index (χ0v) is 14.1. The average Bonchev–Trinajstić information content (AvgIpc) is 3.00. The van der Waals surface area contributed by atoms with Crippen molar-refractivity contribution in [3.05, 3.63) is 36.6 Å². The van der Waals surface area contributed by atoms with E-state index in [1.165, 1.54) is 51.4 Å². The minimum atomic E-state index is -0.767. The van der Waals surface area contributed by atoms with Gasteiger partial charge < -0.3 is 9.84 Å². The van der Waals surface area contributed by atoms with E-state index in [0.717, 1.165) is 12.4 Å². The minimum absolute atomic E-state index is 0.165. The quantitative estimate of drug-likeness (QED) is 0.491. The first kappa shape index (κ1) is 17.8. The fourth-order valence-corrected chi connectivity index (χ4v) is 3.94. The van der Waals surface area contributed by atoms with Crippen molar-refractivity contribution in [2.75, 3.05) is 6.61 Å². The van der Waals surface area contributed by atoms with Gasteiger partial charge in [-0.15, -0.1) is 0 Å². The van der Waals surface area contributed by atoms with Crippen LogP contribution in [0, 0.1) is 11.3 Å². The maximum absolute atomic E-state index is 10.4. The van der Waals surface area contributed by atoms with E-state index in [1.54, 1.807) is 6.08 Å². The molecule has 0 aromatic carbocycles. The predicted octanol–water partition coefficient (Wildman–Crippen LogP) is 5.24. The van der Waals surface area contributed by atoms with E-state index in [2.05, 4.69) is 6.58 Å². The number of ether oxygens (including phenoxy) is 1. The lowest BCUT2D eigenvalue weighted by atomic mass is 9.69. The molecule has 0 amide bonds. The molecule has 2 aliphatic rings. The van der Waals surface area contributed by atoms with Gasteiger partial charge in [-0.1, -0.05) is 31.6 Å². The summed E-state index contributed by atoms with van der Waals surface area (Å²) in [7, 11) is 0. The molecule has 1 N–H and O–H groups in total. The predicted molar refractivity (Wildman–Crippen MR) is 93.1 cm³/mol. The van der Waals surface area contributed by atoms with E-state index in [1.807, 2.05) is 18.2 Å². The molecule has 0 heterocycles. The number of hydrogen-bond donors (Lipinski definition) is 1. The summed E-state index contributed by atoms with van der Waals surface area (Å²) in [6.45, 7) is 4.56. The summed E-state index contributed by atoms with van der Waals surface area (Å²) in [5, 5.41) is 8.58. The molecule has 3 heteroatoms. The third-order valence-corrected chi connectivity index (χ3v) is 5.44. The van der Waals surface area contributed by atoms with Gasteiger partial charge in [0, 0.05) is 6.42 Å². The van der Waals surface area contributed by atoms with Crippen molar-refractivity contribution in [1.82, 2.24) is 0 Å². The van der Waals surface area contributed by atoms with Gasteiger partial charge in [0.1, 0.15) is 5.76 Å². The second kappa shape index (κ2) is 8.95. The van der Waals surface area contributed by atoms with E-state index in [0.29, 0.717) is 17.8 Å². The Labute approximate surface area is 140 Å². The van der Waals surface area contributed by atoms with E-state index >= 15 is 0 Å². The fraction of sp³-hybridized carbons (Fsp3) is 0.650. The molecule has 0 aromatic heterocycles. The lowest BCUT2D eigenvalue weighted by molar-refractivity contribution is -0.136. The van der Waals surface area contributed by atoms with E-state index in [9.17, 15) is 4.79 Å². The zero-order valence-electron chi connectivity index (χ0n) is 14.1. The number of aliphatic carboxylic acids is 1. The highest BCUT2D eigenvalue weighted by molar-refractivity contribution is 5.66. The first-order chi connectivity index (χ1) is 11.1. The summed E-state index contributed by atoms with van der Waals surface area (Å²) >= 11 is 0. The van der Waals surface area contributed by atoms with Crippen LogP contribution >= 0.6 is 0 Å². The molecule has 2 saturated carbocycles. The number of carbonyl (C=O) groups is 1. The van der Waals surface area contributed by atoms with Crippen molar-refractivity contribution in [3.8, 4) is 0 Å². The fourth-order valence-electron chi connectivity index (χ4n) is 3.94. The standard InChI is InChI=1S/C20H30O3/c1-2-18(8-4-3-5-9-19(21)22)23-16-17-10-14-20(15-11-17)12-6-7-13-20/h2-4,8,17H,1,5-7,9-16H2,(H,21,22)/b4-3+,18-8+. The molecule has 2 aliphatic carbocycles. The van der Waals surface area contributed by atoms with Gasteiger partial charge in [0.15, 0.2) is 0 Å². The first-order valence-electron chi connectivity index (χ1n) is 8.97. The van der Waals surface area contributed by atoms with Crippen LogP contribution in [-0.4, -0.2) is 17.7 Å². The molecule has 2 rings (SSSR count). The number of carboxylic acids is 1. The third-order valence-electron chi connectivity index (χ3n) is 5.44. The number of carboxylic acid groups (broad SMARTS) is 1. The average molecular weight is 318 g/mol. The summed E-state index contributed by atoms with van der Waals surface area (Å²) in [5.74, 6) is 0.675. The van der Waals surface area contributed by atoms with Crippen LogP contribution in [0.25, 0.3) is 0 Å². The molecule has 0 unspecified atom stereocenters. The molecule has 128 valence electrons. The van der Waals surface area contributed by atoms with E-state index in [-0.39, 0.29) is 6.42 Å². The zero-order chi connectivity index (χ0) is 16.5. The summed E-state index contributed by atoms with van der Waals surface area (Å²) in [6.07, 6.45) is 19.1. The number of hydrogen-bond acceptors (Lipinski definition) is 2. The van der Waals surface area contributed by atoms with E-state index < -0.39 is 5.97 Å². The molecule has 0 bridgehead atoms. The molecule has 3 nitrogen and oxygen atoms in total. The Balaban J connectivity index is 1.69. The van der Waals surface area contributed by atoms with Gasteiger partial charge in [0.2, 0.25) is 0 Å². The Morgan fingerprint density at radius 3 is 2.52 bits per heavy atom. The van der Waals surface area contributed by atoms with Gasteiger partial charge in [-0.25, -0.2) is 0 Å². The van der Waals surface area contributed by atoms with Crippen molar-refractivity contribution in [3.63, 3.8) is 0 Å². The van der Waals surface area contributed by atoms with Crippen molar-refractivity contribution >= 4 is 5.97 Å². The van der Waals surface area contributed by atoms with Crippen LogP contribution in [-0.2, 0) is 9.53 Å². The second-order valence-electron chi connectivity index (χ2n) is 7.10. The number of allylic oxidation sites excluding steroid dienone is 4. The highest BCUT2D eigenvalue weighted by Gasteiger charge is 2.37. The van der Waals surface area contributed by atoms with Crippen LogP contribution in [0.3, 0.4) is 0 Å². The van der Waals surface area contributed by atoms with Crippen LogP contribution < -0.4 is 0 Å². The Bertz CT molecular complexity index is 446. The monoisotopic (exact) mass is 318 g/mol. The largest absolute Gasteiger partial charge is 0.493 e. The van der Waals surface area contributed by atoms with Gasteiger partial charge >= 0.3 is 5.97 Å². The lowest BCUT2D eigenvalue weighted by Gasteiger charge is -2.37. The molecule has 0 radical (unpaired) electrons. The Kier molecular flexibility index (Phi) is 6.94. The molecule has 0 aromatic rings. The highest BCUT2D eigenvalue weighted by atomic mass is 16.5. The van der Waals surface area contributed by atoms with Crippen LogP contribution in [0.2, 0.25) is 0 Å². The Morgan fingerprint density at radius 2 is 1.91 bits per heavy atom. The maximum atomic E-state index is 10.4. The van der Waals surface area contributed by atoms with Gasteiger partial charge in [-0.05, 0) is 68.4 Å². The SMILES string of the molecule is C=C/C(=C\C=C\CCC(=O)O)OCC1CCC2(CCCC2)CC1. The van der Waals surface area contributed by atoms with E-state index in [4.69, 9.17) is 9.84 Å². The van der Waals surface area contributed by atoms with Gasteiger partial charge in [-0.3, -0.25) is 4.79 Å². The van der Waals surface area contributed by atoms with Crippen LogP contribution in [0.1, 0.15) is 64.2 Å². The van der Waals surface area contributed by atoms with Gasteiger partial charge in [0.05, 0.1) is 6.61 Å². The maximum Gasteiger partial charge on any atom is 0.303 e. The molecule has 0 saturated heterocycles.